The fourth-order valence-corrected chi connectivity index (χ4v) is 4.73. The highest BCUT2D eigenvalue weighted by Gasteiger charge is 2.33. The third-order valence-electron chi connectivity index (χ3n) is 5.12. The number of fused-ring (bicyclic) bond motifs is 1. The molecule has 1 aliphatic heterocycles. The van der Waals surface area contributed by atoms with E-state index in [0.29, 0.717) is 16.1 Å². The van der Waals surface area contributed by atoms with E-state index in [0.717, 1.165) is 11.3 Å². The fraction of sp³-hybridized carbons (Fsp3) is 0.208. The van der Waals surface area contributed by atoms with Crippen LogP contribution in [0.15, 0.2) is 69.6 Å². The number of thiazole rings is 1. The van der Waals surface area contributed by atoms with Crippen molar-refractivity contribution < 1.29 is 27.4 Å². The molecule has 0 fully saturated rings. The Kier molecular flexibility index (Phi) is 6.69. The van der Waals surface area contributed by atoms with E-state index in [4.69, 9.17) is 4.74 Å². The summed E-state index contributed by atoms with van der Waals surface area (Å²) in [6.07, 6.45) is 1.44. The van der Waals surface area contributed by atoms with Crippen molar-refractivity contribution in [3.63, 3.8) is 0 Å². The predicted molar refractivity (Wildman–Crippen MR) is 120 cm³/mol. The van der Waals surface area contributed by atoms with E-state index in [-0.39, 0.29) is 28.0 Å². The lowest BCUT2D eigenvalue weighted by Crippen LogP contribution is -2.39. The van der Waals surface area contributed by atoms with Crippen LogP contribution in [-0.4, -0.2) is 23.8 Å². The molecular weight excluding hydrogens is 469 g/mol. The van der Waals surface area contributed by atoms with E-state index in [2.05, 4.69) is 9.73 Å². The highest BCUT2D eigenvalue weighted by Crippen LogP contribution is 2.31. The van der Waals surface area contributed by atoms with Gasteiger partial charge in [0, 0.05) is 5.56 Å². The van der Waals surface area contributed by atoms with Crippen molar-refractivity contribution in [2.24, 2.45) is 4.99 Å². The Morgan fingerprint density at radius 3 is 2.59 bits per heavy atom. The number of aromatic nitrogens is 1. The van der Waals surface area contributed by atoms with Crippen molar-refractivity contribution in [1.82, 2.24) is 4.57 Å². The number of benzene rings is 2. The third kappa shape index (κ3) is 4.54. The van der Waals surface area contributed by atoms with Crippen LogP contribution < -0.4 is 19.6 Å². The zero-order valence-electron chi connectivity index (χ0n) is 18.1. The van der Waals surface area contributed by atoms with Crippen LogP contribution in [0.1, 0.15) is 31.0 Å². The molecule has 3 aromatic rings. The van der Waals surface area contributed by atoms with Gasteiger partial charge in [-0.2, -0.15) is 8.78 Å². The van der Waals surface area contributed by atoms with Gasteiger partial charge in [-0.1, -0.05) is 41.7 Å². The van der Waals surface area contributed by atoms with Crippen molar-refractivity contribution in [2.75, 3.05) is 6.61 Å². The van der Waals surface area contributed by atoms with Crippen molar-refractivity contribution in [3.8, 4) is 5.75 Å². The van der Waals surface area contributed by atoms with Gasteiger partial charge in [0.15, 0.2) is 4.80 Å². The average Bonchev–Trinajstić information content (AvgIpc) is 3.09. The number of carbonyl (C=O) groups excluding carboxylic acids is 1. The van der Waals surface area contributed by atoms with Gasteiger partial charge in [-0.05, 0) is 43.7 Å². The second kappa shape index (κ2) is 9.68. The third-order valence-corrected chi connectivity index (χ3v) is 6.11. The topological polar surface area (TPSA) is 69.9 Å². The summed E-state index contributed by atoms with van der Waals surface area (Å²) < 4.78 is 50.5. The van der Waals surface area contributed by atoms with Crippen LogP contribution in [0.25, 0.3) is 6.08 Å². The Balaban J connectivity index is 1.93. The number of rotatable bonds is 6. The highest BCUT2D eigenvalue weighted by atomic mass is 32.1. The standard InChI is InChI=1S/C24H19F3N2O4S/c1-3-32-22(31)19-13(2)28-24-29(20(19)14-8-10-16(25)11-9-14)21(30)18(34-24)12-15-6-4-5-7-17(15)33-23(26)27/h4-12,20,23H,3H2,1-2H3/b18-12+/t20-/m0/s1. The Hall–Kier alpha value is -3.66. The second-order valence-electron chi connectivity index (χ2n) is 7.27. The van der Waals surface area contributed by atoms with Crippen LogP contribution in [0.3, 0.4) is 0 Å². The van der Waals surface area contributed by atoms with Crippen molar-refractivity contribution in [2.45, 2.75) is 26.5 Å². The van der Waals surface area contributed by atoms with Gasteiger partial charge < -0.3 is 9.47 Å². The van der Waals surface area contributed by atoms with Crippen LogP contribution in [0, 0.1) is 5.82 Å². The van der Waals surface area contributed by atoms with Crippen molar-refractivity contribution >= 4 is 23.4 Å². The van der Waals surface area contributed by atoms with Crippen LogP contribution in [0.2, 0.25) is 0 Å². The molecule has 6 nitrogen and oxygen atoms in total. The van der Waals surface area contributed by atoms with Crippen LogP contribution >= 0.6 is 11.3 Å². The minimum absolute atomic E-state index is 0.0817. The van der Waals surface area contributed by atoms with Gasteiger partial charge in [-0.15, -0.1) is 0 Å². The Morgan fingerprint density at radius 2 is 1.91 bits per heavy atom. The maximum atomic E-state index is 13.6. The molecule has 1 atom stereocenters. The van der Waals surface area contributed by atoms with Crippen molar-refractivity contribution in [3.05, 3.63) is 96.4 Å². The Bertz CT molecular complexity index is 1440. The smallest absolute Gasteiger partial charge is 0.387 e. The zero-order valence-corrected chi connectivity index (χ0v) is 18.9. The average molecular weight is 488 g/mol. The Morgan fingerprint density at radius 1 is 1.21 bits per heavy atom. The number of alkyl halides is 2. The van der Waals surface area contributed by atoms with Gasteiger partial charge in [-0.25, -0.2) is 14.2 Å². The quantitative estimate of drug-likeness (QED) is 0.498. The molecule has 0 N–H and O–H groups in total. The molecule has 0 amide bonds. The lowest BCUT2D eigenvalue weighted by molar-refractivity contribution is -0.139. The molecule has 0 aliphatic carbocycles. The maximum Gasteiger partial charge on any atom is 0.387 e. The molecule has 1 aliphatic rings. The maximum absolute atomic E-state index is 13.6. The Labute approximate surface area is 195 Å². The predicted octanol–water partition coefficient (Wildman–Crippen LogP) is 3.54. The van der Waals surface area contributed by atoms with Crippen LogP contribution in [0.5, 0.6) is 5.75 Å². The molecule has 2 heterocycles. The lowest BCUT2D eigenvalue weighted by Gasteiger charge is -2.24. The minimum Gasteiger partial charge on any atom is -0.463 e. The number of halogens is 3. The van der Waals surface area contributed by atoms with E-state index in [9.17, 15) is 22.8 Å². The molecule has 4 rings (SSSR count). The fourth-order valence-electron chi connectivity index (χ4n) is 3.70. The van der Waals surface area contributed by atoms with Crippen LogP contribution in [0.4, 0.5) is 13.2 Å². The number of hydrogen-bond acceptors (Lipinski definition) is 6. The molecule has 34 heavy (non-hydrogen) atoms. The number of esters is 1. The number of carbonyl (C=O) groups is 1. The normalized spacial score (nSPS) is 15.8. The van der Waals surface area contributed by atoms with E-state index < -0.39 is 30.0 Å². The van der Waals surface area contributed by atoms with Gasteiger partial charge in [0.05, 0.1) is 28.5 Å². The first-order valence-corrected chi connectivity index (χ1v) is 11.1. The first kappa shape index (κ1) is 23.5. The minimum atomic E-state index is -3.02. The highest BCUT2D eigenvalue weighted by molar-refractivity contribution is 7.07. The summed E-state index contributed by atoms with van der Waals surface area (Å²) in [5.74, 6) is -1.19. The molecule has 1 aromatic heterocycles. The van der Waals surface area contributed by atoms with E-state index >= 15 is 0 Å². The molecule has 0 spiro atoms. The summed E-state index contributed by atoms with van der Waals surface area (Å²) in [5, 5.41) is 0. The van der Waals surface area contributed by atoms with Gasteiger partial charge in [0.25, 0.3) is 5.56 Å². The van der Waals surface area contributed by atoms with E-state index in [1.807, 2.05) is 0 Å². The first-order chi connectivity index (χ1) is 16.3. The number of hydrogen-bond donors (Lipinski definition) is 0. The second-order valence-corrected chi connectivity index (χ2v) is 8.28. The monoisotopic (exact) mass is 488 g/mol. The summed E-state index contributed by atoms with van der Waals surface area (Å²) in [4.78, 5) is 31.0. The lowest BCUT2D eigenvalue weighted by atomic mass is 9.96. The number of ether oxygens (including phenoxy) is 2. The molecule has 0 unspecified atom stereocenters. The summed E-state index contributed by atoms with van der Waals surface area (Å²) >= 11 is 1.04. The molecule has 2 aromatic carbocycles. The van der Waals surface area contributed by atoms with Gasteiger partial charge in [0.2, 0.25) is 0 Å². The molecule has 176 valence electrons. The van der Waals surface area contributed by atoms with E-state index in [1.54, 1.807) is 32.0 Å². The summed E-state index contributed by atoms with van der Waals surface area (Å²) in [5.41, 5.74) is 0.815. The summed E-state index contributed by atoms with van der Waals surface area (Å²) in [6.45, 7) is 0.390. The molecule has 0 bridgehead atoms. The number of allylic oxidation sites excluding steroid dienone is 1. The largest absolute Gasteiger partial charge is 0.463 e. The zero-order chi connectivity index (χ0) is 24.4. The molecule has 0 saturated carbocycles. The van der Waals surface area contributed by atoms with Gasteiger partial charge in [-0.3, -0.25) is 9.36 Å². The molecule has 0 radical (unpaired) electrons. The first-order valence-electron chi connectivity index (χ1n) is 10.3. The molecule has 10 heteroatoms. The molecular formula is C24H19F3N2O4S. The SMILES string of the molecule is CCOC(=O)C1=C(C)N=c2s/c(=C/c3ccccc3OC(F)F)c(=O)n2[C@H]1c1ccc(F)cc1. The number of nitrogens with zero attached hydrogens (tertiary/aromatic N) is 2. The summed E-state index contributed by atoms with van der Waals surface area (Å²) in [6, 6.07) is 10.6. The number of para-hydroxylation sites is 1. The van der Waals surface area contributed by atoms with Gasteiger partial charge in [0.1, 0.15) is 11.6 Å². The van der Waals surface area contributed by atoms with E-state index in [1.165, 1.54) is 41.0 Å². The summed E-state index contributed by atoms with van der Waals surface area (Å²) in [7, 11) is 0. The molecule has 0 saturated heterocycles. The van der Waals surface area contributed by atoms with Crippen LogP contribution in [-0.2, 0) is 9.53 Å². The van der Waals surface area contributed by atoms with Crippen molar-refractivity contribution in [1.29, 1.82) is 0 Å². The van der Waals surface area contributed by atoms with Gasteiger partial charge >= 0.3 is 12.6 Å².